The van der Waals surface area contributed by atoms with Crippen molar-refractivity contribution in [1.82, 2.24) is 4.90 Å². The van der Waals surface area contributed by atoms with E-state index in [9.17, 15) is 0 Å². The maximum absolute atomic E-state index is 5.81. The molecule has 0 saturated carbocycles. The van der Waals surface area contributed by atoms with Crippen LogP contribution in [0.2, 0.25) is 0 Å². The first-order valence-corrected chi connectivity index (χ1v) is 9.30. The number of benzene rings is 2. The highest BCUT2D eigenvalue weighted by molar-refractivity contribution is 7.80. The maximum Gasteiger partial charge on any atom is 0.161 e. The molecule has 132 valence electrons. The lowest BCUT2D eigenvalue weighted by atomic mass is 9.99. The van der Waals surface area contributed by atoms with Crippen LogP contribution in [0.4, 0.5) is 0 Å². The number of ether oxygens (including phenoxy) is 2. The maximum atomic E-state index is 5.81. The van der Waals surface area contributed by atoms with Crippen LogP contribution in [-0.4, -0.2) is 30.1 Å². The van der Waals surface area contributed by atoms with E-state index in [1.54, 1.807) is 7.11 Å². The van der Waals surface area contributed by atoms with Crippen molar-refractivity contribution in [1.29, 1.82) is 0 Å². The monoisotopic (exact) mass is 355 g/mol. The zero-order chi connectivity index (χ0) is 17.6. The SMILES string of the molecule is CCCCOc1ccc(C(=S)N2CCc3ccccc3C2)cc1OC. The Bertz CT molecular complexity index is 744. The first kappa shape index (κ1) is 17.7. The number of thiocarbonyl (C=S) groups is 1. The van der Waals surface area contributed by atoms with Crippen LogP contribution in [0.15, 0.2) is 42.5 Å². The van der Waals surface area contributed by atoms with Crippen molar-refractivity contribution in [2.24, 2.45) is 0 Å². The van der Waals surface area contributed by atoms with Gasteiger partial charge in [-0.1, -0.05) is 49.8 Å². The number of methoxy groups -OCH3 is 1. The lowest BCUT2D eigenvalue weighted by molar-refractivity contribution is 0.288. The normalized spacial score (nSPS) is 13.3. The summed E-state index contributed by atoms with van der Waals surface area (Å²) in [6, 6.07) is 14.6. The standard InChI is InChI=1S/C21H25NO2S/c1-3-4-13-24-19-10-9-17(14-20(19)23-2)21(25)22-12-11-16-7-5-6-8-18(16)15-22/h5-10,14H,3-4,11-13,15H2,1-2H3. The quantitative estimate of drug-likeness (QED) is 0.557. The number of hydrogen-bond donors (Lipinski definition) is 0. The molecule has 1 aliphatic heterocycles. The third-order valence-corrected chi connectivity index (χ3v) is 5.08. The molecule has 2 aromatic rings. The molecule has 3 rings (SSSR count). The van der Waals surface area contributed by atoms with Gasteiger partial charge < -0.3 is 14.4 Å². The molecule has 0 spiro atoms. The van der Waals surface area contributed by atoms with Gasteiger partial charge in [-0.05, 0) is 42.2 Å². The van der Waals surface area contributed by atoms with Crippen LogP contribution in [0.25, 0.3) is 0 Å². The van der Waals surface area contributed by atoms with Gasteiger partial charge in [-0.25, -0.2) is 0 Å². The van der Waals surface area contributed by atoms with E-state index >= 15 is 0 Å². The predicted octanol–water partition coefficient (Wildman–Crippen LogP) is 4.61. The minimum Gasteiger partial charge on any atom is -0.493 e. The summed E-state index contributed by atoms with van der Waals surface area (Å²) in [5.74, 6) is 1.53. The molecule has 2 aromatic carbocycles. The van der Waals surface area contributed by atoms with Gasteiger partial charge in [-0.15, -0.1) is 0 Å². The van der Waals surface area contributed by atoms with Crippen molar-refractivity contribution in [2.75, 3.05) is 20.3 Å². The summed E-state index contributed by atoms with van der Waals surface area (Å²) in [5, 5.41) is 0. The van der Waals surface area contributed by atoms with E-state index in [1.165, 1.54) is 11.1 Å². The average molecular weight is 356 g/mol. The van der Waals surface area contributed by atoms with Crippen molar-refractivity contribution < 1.29 is 9.47 Å². The van der Waals surface area contributed by atoms with Crippen LogP contribution in [0.1, 0.15) is 36.5 Å². The third-order valence-electron chi connectivity index (χ3n) is 4.58. The van der Waals surface area contributed by atoms with Gasteiger partial charge in [0.05, 0.1) is 13.7 Å². The van der Waals surface area contributed by atoms with Gasteiger partial charge in [0, 0.05) is 18.7 Å². The van der Waals surface area contributed by atoms with E-state index in [0.29, 0.717) is 6.61 Å². The van der Waals surface area contributed by atoms with Crippen LogP contribution < -0.4 is 9.47 Å². The summed E-state index contributed by atoms with van der Waals surface area (Å²) >= 11 is 5.76. The molecule has 3 nitrogen and oxygen atoms in total. The van der Waals surface area contributed by atoms with Gasteiger partial charge in [0.1, 0.15) is 4.99 Å². The highest BCUT2D eigenvalue weighted by atomic mass is 32.1. The first-order valence-electron chi connectivity index (χ1n) is 8.89. The second-order valence-electron chi connectivity index (χ2n) is 6.31. The van der Waals surface area contributed by atoms with Crippen molar-refractivity contribution in [3.05, 3.63) is 59.2 Å². The second kappa shape index (κ2) is 8.34. The highest BCUT2D eigenvalue weighted by Gasteiger charge is 2.20. The molecule has 4 heteroatoms. The Morgan fingerprint density at radius 1 is 1.12 bits per heavy atom. The molecule has 0 bridgehead atoms. The summed E-state index contributed by atoms with van der Waals surface area (Å²) < 4.78 is 11.3. The van der Waals surface area contributed by atoms with Crippen molar-refractivity contribution in [3.8, 4) is 11.5 Å². The van der Waals surface area contributed by atoms with E-state index in [0.717, 1.165) is 54.4 Å². The molecular weight excluding hydrogens is 330 g/mol. The summed E-state index contributed by atoms with van der Waals surface area (Å²) in [6.07, 6.45) is 3.18. The molecule has 25 heavy (non-hydrogen) atoms. The number of fused-ring (bicyclic) bond motifs is 1. The fraction of sp³-hybridized carbons (Fsp3) is 0.381. The lowest BCUT2D eigenvalue weighted by Crippen LogP contribution is -2.35. The minimum absolute atomic E-state index is 0.708. The Kier molecular flexibility index (Phi) is 5.92. The Hall–Kier alpha value is -2.07. The fourth-order valence-corrected chi connectivity index (χ4v) is 3.38. The van der Waals surface area contributed by atoms with E-state index in [2.05, 4.69) is 36.1 Å². The largest absolute Gasteiger partial charge is 0.493 e. The van der Waals surface area contributed by atoms with Gasteiger partial charge >= 0.3 is 0 Å². The van der Waals surface area contributed by atoms with E-state index < -0.39 is 0 Å². The minimum atomic E-state index is 0.708. The zero-order valence-electron chi connectivity index (χ0n) is 15.0. The zero-order valence-corrected chi connectivity index (χ0v) is 15.8. The van der Waals surface area contributed by atoms with Gasteiger partial charge in [0.15, 0.2) is 11.5 Å². The summed E-state index contributed by atoms with van der Waals surface area (Å²) in [4.78, 5) is 3.14. The molecule has 0 N–H and O–H groups in total. The number of rotatable bonds is 6. The van der Waals surface area contributed by atoms with Crippen molar-refractivity contribution in [2.45, 2.75) is 32.7 Å². The molecule has 0 saturated heterocycles. The number of hydrogen-bond acceptors (Lipinski definition) is 3. The third kappa shape index (κ3) is 4.13. The molecule has 0 aliphatic carbocycles. The highest BCUT2D eigenvalue weighted by Crippen LogP contribution is 2.30. The predicted molar refractivity (Wildman–Crippen MR) is 106 cm³/mol. The van der Waals surface area contributed by atoms with E-state index in [1.807, 2.05) is 18.2 Å². The van der Waals surface area contributed by atoms with Crippen LogP contribution in [0.5, 0.6) is 11.5 Å². The van der Waals surface area contributed by atoms with Crippen LogP contribution in [0.3, 0.4) is 0 Å². The summed E-state index contributed by atoms with van der Waals surface area (Å²) in [5.41, 5.74) is 3.80. The van der Waals surface area contributed by atoms with Gasteiger partial charge in [0.2, 0.25) is 0 Å². The Morgan fingerprint density at radius 3 is 2.68 bits per heavy atom. The smallest absolute Gasteiger partial charge is 0.161 e. The van der Waals surface area contributed by atoms with Gasteiger partial charge in [0.25, 0.3) is 0 Å². The molecular formula is C21H25NO2S. The molecule has 0 radical (unpaired) electrons. The van der Waals surface area contributed by atoms with Crippen LogP contribution in [0, 0.1) is 0 Å². The van der Waals surface area contributed by atoms with Crippen molar-refractivity contribution in [3.63, 3.8) is 0 Å². The topological polar surface area (TPSA) is 21.7 Å². The summed E-state index contributed by atoms with van der Waals surface area (Å²) in [7, 11) is 1.67. The molecule has 1 aliphatic rings. The Labute approximate surface area is 155 Å². The Morgan fingerprint density at radius 2 is 1.92 bits per heavy atom. The lowest BCUT2D eigenvalue weighted by Gasteiger charge is -2.31. The second-order valence-corrected chi connectivity index (χ2v) is 6.70. The van der Waals surface area contributed by atoms with E-state index in [4.69, 9.17) is 21.7 Å². The molecule has 0 unspecified atom stereocenters. The number of nitrogens with zero attached hydrogens (tertiary/aromatic N) is 1. The molecule has 0 amide bonds. The molecule has 0 aromatic heterocycles. The molecule has 0 fully saturated rings. The first-order chi connectivity index (χ1) is 12.2. The van der Waals surface area contributed by atoms with Crippen LogP contribution >= 0.6 is 12.2 Å². The van der Waals surface area contributed by atoms with E-state index in [-0.39, 0.29) is 0 Å². The van der Waals surface area contributed by atoms with Crippen LogP contribution in [-0.2, 0) is 13.0 Å². The fourth-order valence-electron chi connectivity index (χ4n) is 3.10. The van der Waals surface area contributed by atoms with Gasteiger partial charge in [-0.2, -0.15) is 0 Å². The molecule has 0 atom stereocenters. The van der Waals surface area contributed by atoms with Crippen molar-refractivity contribution >= 4 is 17.2 Å². The summed E-state index contributed by atoms with van der Waals surface area (Å²) in [6.45, 7) is 4.68. The van der Waals surface area contributed by atoms with Gasteiger partial charge in [-0.3, -0.25) is 0 Å². The Balaban J connectivity index is 1.74. The number of unbranched alkanes of at least 4 members (excludes halogenated alkanes) is 1. The molecule has 1 heterocycles. The average Bonchev–Trinajstić information content (AvgIpc) is 2.67.